The lowest BCUT2D eigenvalue weighted by molar-refractivity contribution is -0.133. The highest BCUT2D eigenvalue weighted by Crippen LogP contribution is 2.31. The van der Waals surface area contributed by atoms with Gasteiger partial charge in [-0.3, -0.25) is 4.79 Å². The van der Waals surface area contributed by atoms with Crippen LogP contribution in [0.25, 0.3) is 11.1 Å². The van der Waals surface area contributed by atoms with Crippen molar-refractivity contribution in [2.45, 2.75) is 44.6 Å². The molecule has 0 aliphatic heterocycles. The van der Waals surface area contributed by atoms with Crippen LogP contribution in [0.4, 0.5) is 0 Å². The number of ether oxygens (including phenoxy) is 1. The molecule has 0 N–H and O–H groups in total. The molecule has 4 rings (SSSR count). The zero-order chi connectivity index (χ0) is 23.9. The molecule has 34 heavy (non-hydrogen) atoms. The molecule has 1 aliphatic rings. The SMILES string of the molecule is COC(=O)c1cccc(-c2cccc(CC(=O)N(C)C3CCCCC3Cc3ccccc3)c2)c1. The Morgan fingerprint density at radius 2 is 1.53 bits per heavy atom. The van der Waals surface area contributed by atoms with E-state index in [4.69, 9.17) is 4.74 Å². The number of hydrogen-bond acceptors (Lipinski definition) is 3. The number of esters is 1. The summed E-state index contributed by atoms with van der Waals surface area (Å²) in [6.07, 6.45) is 6.05. The number of nitrogens with zero attached hydrogens (tertiary/aromatic N) is 1. The average molecular weight is 456 g/mol. The molecule has 0 bridgehead atoms. The zero-order valence-corrected chi connectivity index (χ0v) is 20.1. The second-order valence-electron chi connectivity index (χ2n) is 9.26. The standard InChI is InChI=1S/C30H33NO3/c1-31(28-17-7-6-13-26(28)18-22-10-4-3-5-11-22)29(32)20-23-12-8-14-24(19-23)25-15-9-16-27(21-25)30(33)34-2/h3-5,8-12,14-16,19,21,26,28H,6-7,13,17-18,20H2,1-2H3. The minimum Gasteiger partial charge on any atom is -0.465 e. The predicted molar refractivity (Wildman–Crippen MR) is 136 cm³/mol. The first-order chi connectivity index (χ1) is 16.5. The van der Waals surface area contributed by atoms with Gasteiger partial charge in [0.1, 0.15) is 0 Å². The van der Waals surface area contributed by atoms with Crippen LogP contribution >= 0.6 is 0 Å². The summed E-state index contributed by atoms with van der Waals surface area (Å²) in [5.74, 6) is 0.301. The smallest absolute Gasteiger partial charge is 0.337 e. The normalized spacial score (nSPS) is 17.7. The fraction of sp³-hybridized carbons (Fsp3) is 0.333. The van der Waals surface area contributed by atoms with Crippen LogP contribution in [0.15, 0.2) is 78.9 Å². The van der Waals surface area contributed by atoms with Crippen LogP contribution in [-0.4, -0.2) is 37.0 Å². The lowest BCUT2D eigenvalue weighted by Gasteiger charge is -2.38. The fourth-order valence-corrected chi connectivity index (χ4v) is 5.14. The molecule has 1 aliphatic carbocycles. The fourth-order valence-electron chi connectivity index (χ4n) is 5.14. The van der Waals surface area contributed by atoms with Crippen molar-refractivity contribution < 1.29 is 14.3 Å². The van der Waals surface area contributed by atoms with E-state index in [-0.39, 0.29) is 17.9 Å². The highest BCUT2D eigenvalue weighted by Gasteiger charge is 2.30. The molecule has 3 aromatic carbocycles. The molecule has 0 saturated heterocycles. The highest BCUT2D eigenvalue weighted by molar-refractivity contribution is 5.91. The second kappa shape index (κ2) is 11.1. The van der Waals surface area contributed by atoms with Crippen molar-refractivity contribution >= 4 is 11.9 Å². The molecule has 3 aromatic rings. The molecule has 0 radical (unpaired) electrons. The number of likely N-dealkylation sites (N-methyl/N-ethyl adjacent to an activating group) is 1. The molecule has 1 saturated carbocycles. The van der Waals surface area contributed by atoms with E-state index in [1.54, 1.807) is 6.07 Å². The summed E-state index contributed by atoms with van der Waals surface area (Å²) in [5.41, 5.74) is 4.76. The molecular weight excluding hydrogens is 422 g/mol. The number of methoxy groups -OCH3 is 1. The predicted octanol–water partition coefficient (Wildman–Crippen LogP) is 5.94. The lowest BCUT2D eigenvalue weighted by Crippen LogP contribution is -2.44. The Hall–Kier alpha value is -3.40. The first-order valence-electron chi connectivity index (χ1n) is 12.1. The third-order valence-corrected chi connectivity index (χ3v) is 7.00. The van der Waals surface area contributed by atoms with Crippen LogP contribution in [0.2, 0.25) is 0 Å². The number of amides is 1. The molecule has 2 atom stereocenters. The Bertz CT molecular complexity index is 1120. The van der Waals surface area contributed by atoms with Crippen LogP contribution in [0.5, 0.6) is 0 Å². The summed E-state index contributed by atoms with van der Waals surface area (Å²) in [7, 11) is 3.36. The third kappa shape index (κ3) is 5.74. The molecular formula is C30H33NO3. The molecule has 1 amide bonds. The number of benzene rings is 3. The maximum atomic E-state index is 13.3. The van der Waals surface area contributed by atoms with Crippen molar-refractivity contribution in [2.75, 3.05) is 14.2 Å². The van der Waals surface area contributed by atoms with Gasteiger partial charge in [0.05, 0.1) is 19.1 Å². The molecule has 176 valence electrons. The quantitative estimate of drug-likeness (QED) is 0.414. The molecule has 0 spiro atoms. The van der Waals surface area contributed by atoms with Crippen LogP contribution in [0.1, 0.15) is 47.2 Å². The van der Waals surface area contributed by atoms with Gasteiger partial charge in [-0.2, -0.15) is 0 Å². The summed E-state index contributed by atoms with van der Waals surface area (Å²) in [6, 6.07) is 26.3. The minimum atomic E-state index is -0.354. The van der Waals surface area contributed by atoms with Crippen molar-refractivity contribution in [3.63, 3.8) is 0 Å². The minimum absolute atomic E-state index is 0.158. The lowest BCUT2D eigenvalue weighted by atomic mass is 9.80. The van der Waals surface area contributed by atoms with Gasteiger partial charge in [0.2, 0.25) is 5.91 Å². The van der Waals surface area contributed by atoms with E-state index in [0.717, 1.165) is 29.5 Å². The maximum absolute atomic E-state index is 13.3. The van der Waals surface area contributed by atoms with Gasteiger partial charge in [0.25, 0.3) is 0 Å². The molecule has 4 heteroatoms. The van der Waals surface area contributed by atoms with E-state index in [1.165, 1.54) is 31.9 Å². The van der Waals surface area contributed by atoms with E-state index >= 15 is 0 Å². The van der Waals surface area contributed by atoms with Gasteiger partial charge in [-0.25, -0.2) is 4.79 Å². The molecule has 0 aromatic heterocycles. The Labute approximate surface area is 202 Å². The molecule has 2 unspecified atom stereocenters. The third-order valence-electron chi connectivity index (χ3n) is 7.00. The molecule has 4 nitrogen and oxygen atoms in total. The Morgan fingerprint density at radius 1 is 0.853 bits per heavy atom. The van der Waals surface area contributed by atoms with E-state index in [0.29, 0.717) is 17.9 Å². The van der Waals surface area contributed by atoms with E-state index < -0.39 is 0 Å². The van der Waals surface area contributed by atoms with Crippen molar-refractivity contribution in [1.29, 1.82) is 0 Å². The summed E-state index contributed by atoms with van der Waals surface area (Å²) in [5, 5.41) is 0. The summed E-state index contributed by atoms with van der Waals surface area (Å²) in [6.45, 7) is 0. The summed E-state index contributed by atoms with van der Waals surface area (Å²) >= 11 is 0. The average Bonchev–Trinajstić information content (AvgIpc) is 2.89. The van der Waals surface area contributed by atoms with Gasteiger partial charge in [-0.05, 0) is 59.6 Å². The zero-order valence-electron chi connectivity index (χ0n) is 20.1. The second-order valence-corrected chi connectivity index (χ2v) is 9.26. The highest BCUT2D eigenvalue weighted by atomic mass is 16.5. The van der Waals surface area contributed by atoms with Gasteiger partial charge in [0.15, 0.2) is 0 Å². The van der Waals surface area contributed by atoms with Crippen molar-refractivity contribution in [3.05, 3.63) is 95.6 Å². The number of hydrogen-bond donors (Lipinski definition) is 0. The van der Waals surface area contributed by atoms with Crippen LogP contribution in [-0.2, 0) is 22.4 Å². The van der Waals surface area contributed by atoms with E-state index in [1.807, 2.05) is 54.4 Å². The van der Waals surface area contributed by atoms with Crippen molar-refractivity contribution in [2.24, 2.45) is 5.92 Å². The van der Waals surface area contributed by atoms with Gasteiger partial charge < -0.3 is 9.64 Å². The summed E-state index contributed by atoms with van der Waals surface area (Å²) < 4.78 is 4.84. The maximum Gasteiger partial charge on any atom is 0.337 e. The molecule has 0 heterocycles. The monoisotopic (exact) mass is 455 g/mol. The Balaban J connectivity index is 1.46. The number of rotatable bonds is 7. The summed E-state index contributed by atoms with van der Waals surface area (Å²) in [4.78, 5) is 27.2. The topological polar surface area (TPSA) is 46.6 Å². The van der Waals surface area contributed by atoms with Crippen LogP contribution < -0.4 is 0 Å². The van der Waals surface area contributed by atoms with E-state index in [2.05, 4.69) is 30.3 Å². The Kier molecular flexibility index (Phi) is 7.79. The van der Waals surface area contributed by atoms with Gasteiger partial charge in [-0.1, -0.05) is 79.6 Å². The van der Waals surface area contributed by atoms with Gasteiger partial charge in [-0.15, -0.1) is 0 Å². The van der Waals surface area contributed by atoms with Crippen LogP contribution in [0.3, 0.4) is 0 Å². The first-order valence-corrected chi connectivity index (χ1v) is 12.1. The van der Waals surface area contributed by atoms with Gasteiger partial charge in [0, 0.05) is 13.1 Å². The first kappa shape index (κ1) is 23.7. The molecule has 1 fully saturated rings. The van der Waals surface area contributed by atoms with E-state index in [9.17, 15) is 9.59 Å². The van der Waals surface area contributed by atoms with Crippen molar-refractivity contribution in [1.82, 2.24) is 4.90 Å². The number of carbonyl (C=O) groups excluding carboxylic acids is 2. The number of carbonyl (C=O) groups is 2. The van der Waals surface area contributed by atoms with Crippen molar-refractivity contribution in [3.8, 4) is 11.1 Å². The Morgan fingerprint density at radius 3 is 2.29 bits per heavy atom. The largest absolute Gasteiger partial charge is 0.465 e. The van der Waals surface area contributed by atoms with Gasteiger partial charge >= 0.3 is 5.97 Å². The van der Waals surface area contributed by atoms with Crippen LogP contribution in [0, 0.1) is 5.92 Å².